The zero-order chi connectivity index (χ0) is 25.5. The minimum Gasteiger partial charge on any atom is -0.465 e. The molecule has 3 aromatic rings. The van der Waals surface area contributed by atoms with Crippen LogP contribution in [0.25, 0.3) is 0 Å². The molecule has 4 rings (SSSR count). The van der Waals surface area contributed by atoms with Crippen LogP contribution in [0.2, 0.25) is 0 Å². The Morgan fingerprint density at radius 3 is 2.47 bits per heavy atom. The predicted molar refractivity (Wildman–Crippen MR) is 137 cm³/mol. The zero-order valence-electron chi connectivity index (χ0n) is 20.1. The molecule has 0 spiro atoms. The van der Waals surface area contributed by atoms with Crippen molar-refractivity contribution in [3.8, 4) is 0 Å². The summed E-state index contributed by atoms with van der Waals surface area (Å²) in [5.41, 5.74) is 1.12. The molecule has 1 saturated carbocycles. The molecular weight excluding hydrogens is 479 g/mol. The monoisotopic (exact) mass is 508 g/mol. The van der Waals surface area contributed by atoms with Gasteiger partial charge in [-0.3, -0.25) is 14.5 Å². The molecule has 2 aromatic carbocycles. The number of nitrogens with zero attached hydrogens (tertiary/aromatic N) is 1. The van der Waals surface area contributed by atoms with Gasteiger partial charge in [-0.25, -0.2) is 9.18 Å². The minimum absolute atomic E-state index is 0.0184. The normalized spacial score (nSPS) is 14.6. The number of methoxy groups -OCH3 is 1. The van der Waals surface area contributed by atoms with Crippen molar-refractivity contribution in [2.45, 2.75) is 50.6 Å². The maximum absolute atomic E-state index is 13.8. The van der Waals surface area contributed by atoms with Crippen LogP contribution < -0.4 is 10.2 Å². The van der Waals surface area contributed by atoms with Gasteiger partial charge in [0.15, 0.2) is 0 Å². The average Bonchev–Trinajstić information content (AvgIpc) is 3.41. The van der Waals surface area contributed by atoms with Gasteiger partial charge in [-0.15, -0.1) is 11.3 Å². The number of rotatable bonds is 8. The van der Waals surface area contributed by atoms with Gasteiger partial charge < -0.3 is 10.1 Å². The molecule has 0 bridgehead atoms. The summed E-state index contributed by atoms with van der Waals surface area (Å²) in [4.78, 5) is 42.1. The molecule has 1 N–H and O–H groups in total. The number of nitrogens with one attached hydrogen (secondary N) is 1. The van der Waals surface area contributed by atoms with Crippen LogP contribution in [0.15, 0.2) is 66.0 Å². The van der Waals surface area contributed by atoms with E-state index in [1.165, 1.54) is 47.6 Å². The van der Waals surface area contributed by atoms with Crippen LogP contribution in [-0.2, 0) is 20.7 Å². The van der Waals surface area contributed by atoms with Crippen LogP contribution in [0, 0.1) is 5.82 Å². The number of anilines is 1. The third-order valence-corrected chi connectivity index (χ3v) is 7.24. The molecular formula is C28H29FN2O4S. The number of benzene rings is 2. The second kappa shape index (κ2) is 11.9. The average molecular weight is 509 g/mol. The topological polar surface area (TPSA) is 75.7 Å². The number of thiophene rings is 1. The van der Waals surface area contributed by atoms with E-state index in [2.05, 4.69) is 5.32 Å². The summed E-state index contributed by atoms with van der Waals surface area (Å²) in [5, 5.41) is 5.02. The van der Waals surface area contributed by atoms with E-state index in [4.69, 9.17) is 4.74 Å². The maximum atomic E-state index is 13.8. The lowest BCUT2D eigenvalue weighted by Gasteiger charge is -2.33. The molecule has 0 aliphatic heterocycles. The fourth-order valence-electron chi connectivity index (χ4n) is 4.57. The van der Waals surface area contributed by atoms with Crippen molar-refractivity contribution in [3.63, 3.8) is 0 Å². The number of amides is 2. The summed E-state index contributed by atoms with van der Waals surface area (Å²) >= 11 is 1.45. The van der Waals surface area contributed by atoms with Crippen molar-refractivity contribution in [2.75, 3.05) is 12.0 Å². The lowest BCUT2D eigenvalue weighted by atomic mass is 9.94. The number of esters is 1. The Morgan fingerprint density at radius 1 is 1.06 bits per heavy atom. The number of halogens is 1. The molecule has 1 aromatic heterocycles. The summed E-state index contributed by atoms with van der Waals surface area (Å²) in [7, 11) is 1.29. The van der Waals surface area contributed by atoms with Gasteiger partial charge in [-0.05, 0) is 60.2 Å². The van der Waals surface area contributed by atoms with Gasteiger partial charge in [0.05, 0.1) is 19.1 Å². The SMILES string of the molecule is COC(=O)c1cccc(N(C(=O)Cc2cccs2)[C@H](C(=O)NC2CCCCC2)c2ccc(F)cc2)c1. The molecule has 1 fully saturated rings. The number of ether oxygens (including phenoxy) is 1. The Labute approximate surface area is 214 Å². The summed E-state index contributed by atoms with van der Waals surface area (Å²) in [6.45, 7) is 0. The fraction of sp³-hybridized carbons (Fsp3) is 0.321. The van der Waals surface area contributed by atoms with E-state index in [9.17, 15) is 18.8 Å². The van der Waals surface area contributed by atoms with Crippen molar-refractivity contribution < 1.29 is 23.5 Å². The Morgan fingerprint density at radius 2 is 1.81 bits per heavy atom. The quantitative estimate of drug-likeness (QED) is 0.411. The van der Waals surface area contributed by atoms with E-state index in [1.54, 1.807) is 24.3 Å². The molecule has 8 heteroatoms. The van der Waals surface area contributed by atoms with Crippen molar-refractivity contribution in [2.24, 2.45) is 0 Å². The van der Waals surface area contributed by atoms with Crippen LogP contribution in [0.5, 0.6) is 0 Å². The van der Waals surface area contributed by atoms with Gasteiger partial charge in [0.25, 0.3) is 0 Å². The second-order valence-corrected chi connectivity index (χ2v) is 9.89. The highest BCUT2D eigenvalue weighted by Gasteiger charge is 2.34. The van der Waals surface area contributed by atoms with Gasteiger partial charge in [-0.2, -0.15) is 0 Å². The Bertz CT molecular complexity index is 1190. The summed E-state index contributed by atoms with van der Waals surface area (Å²) < 4.78 is 18.7. The number of carbonyl (C=O) groups is 3. The molecule has 1 aliphatic carbocycles. The smallest absolute Gasteiger partial charge is 0.337 e. The Hall–Kier alpha value is -3.52. The Kier molecular flexibility index (Phi) is 8.48. The van der Waals surface area contributed by atoms with Crippen molar-refractivity contribution >= 4 is 34.8 Å². The highest BCUT2D eigenvalue weighted by Crippen LogP contribution is 2.31. The lowest BCUT2D eigenvalue weighted by molar-refractivity contribution is -0.127. The van der Waals surface area contributed by atoms with Crippen LogP contribution >= 0.6 is 11.3 Å². The molecule has 1 heterocycles. The van der Waals surface area contributed by atoms with E-state index in [-0.39, 0.29) is 29.8 Å². The summed E-state index contributed by atoms with van der Waals surface area (Å²) in [5.74, 6) is -1.63. The van der Waals surface area contributed by atoms with Crippen molar-refractivity contribution in [1.82, 2.24) is 5.32 Å². The van der Waals surface area contributed by atoms with Crippen molar-refractivity contribution in [1.29, 1.82) is 0 Å². The van der Waals surface area contributed by atoms with Gasteiger partial charge in [0, 0.05) is 16.6 Å². The van der Waals surface area contributed by atoms with Crippen LogP contribution in [-0.4, -0.2) is 30.9 Å². The number of carbonyl (C=O) groups excluding carboxylic acids is 3. The summed E-state index contributed by atoms with van der Waals surface area (Å²) in [6, 6.07) is 14.8. The molecule has 0 unspecified atom stereocenters. The minimum atomic E-state index is -1.05. The second-order valence-electron chi connectivity index (χ2n) is 8.86. The zero-order valence-corrected chi connectivity index (χ0v) is 20.9. The fourth-order valence-corrected chi connectivity index (χ4v) is 5.27. The standard InChI is InChI=1S/C28H29FN2O4S/c1-35-28(34)20-7-5-10-23(17-20)31(25(32)18-24-11-6-16-36-24)26(19-12-14-21(29)15-13-19)27(33)30-22-8-3-2-4-9-22/h5-7,10-17,22,26H,2-4,8-9,18H2,1H3,(H,30,33)/t26-/m0/s1. The highest BCUT2D eigenvalue weighted by atomic mass is 32.1. The first-order valence-electron chi connectivity index (χ1n) is 12.0. The summed E-state index contributed by atoms with van der Waals surface area (Å²) in [6.07, 6.45) is 5.04. The number of hydrogen-bond acceptors (Lipinski definition) is 5. The number of hydrogen-bond donors (Lipinski definition) is 1. The van der Waals surface area contributed by atoms with E-state index < -0.39 is 17.8 Å². The van der Waals surface area contributed by atoms with E-state index in [0.29, 0.717) is 11.3 Å². The Balaban J connectivity index is 1.78. The largest absolute Gasteiger partial charge is 0.465 e. The van der Waals surface area contributed by atoms with E-state index in [0.717, 1.165) is 37.0 Å². The first-order valence-corrected chi connectivity index (χ1v) is 12.9. The third kappa shape index (κ3) is 6.18. The first kappa shape index (κ1) is 25.6. The van der Waals surface area contributed by atoms with Gasteiger partial charge >= 0.3 is 5.97 Å². The van der Waals surface area contributed by atoms with Gasteiger partial charge in [0.2, 0.25) is 11.8 Å². The van der Waals surface area contributed by atoms with Crippen LogP contribution in [0.3, 0.4) is 0 Å². The first-order chi connectivity index (χ1) is 17.5. The highest BCUT2D eigenvalue weighted by molar-refractivity contribution is 7.10. The van der Waals surface area contributed by atoms with Gasteiger partial charge in [-0.1, -0.05) is 43.5 Å². The van der Waals surface area contributed by atoms with E-state index in [1.807, 2.05) is 17.5 Å². The van der Waals surface area contributed by atoms with Crippen LogP contribution in [0.1, 0.15) is 58.9 Å². The maximum Gasteiger partial charge on any atom is 0.337 e. The van der Waals surface area contributed by atoms with Gasteiger partial charge in [0.1, 0.15) is 11.9 Å². The molecule has 1 aliphatic rings. The molecule has 1 atom stereocenters. The molecule has 0 radical (unpaired) electrons. The molecule has 36 heavy (non-hydrogen) atoms. The van der Waals surface area contributed by atoms with Crippen molar-refractivity contribution in [3.05, 3.63) is 87.9 Å². The van der Waals surface area contributed by atoms with Crippen LogP contribution in [0.4, 0.5) is 10.1 Å². The third-order valence-electron chi connectivity index (χ3n) is 6.36. The lowest BCUT2D eigenvalue weighted by Crippen LogP contribution is -2.47. The molecule has 0 saturated heterocycles. The predicted octanol–water partition coefficient (Wildman–Crippen LogP) is 5.44. The van der Waals surface area contributed by atoms with E-state index >= 15 is 0 Å². The molecule has 6 nitrogen and oxygen atoms in total. The molecule has 188 valence electrons. The molecule has 2 amide bonds.